The number of carbonyl (C=O) groups is 1. The summed E-state index contributed by atoms with van der Waals surface area (Å²) in [6, 6.07) is 16.2. The van der Waals surface area contributed by atoms with Crippen molar-refractivity contribution in [2.75, 3.05) is 6.61 Å². The van der Waals surface area contributed by atoms with Gasteiger partial charge in [0.15, 0.2) is 5.79 Å². The molecule has 0 radical (unpaired) electrons. The largest absolute Gasteiger partial charge is 0.489 e. The lowest BCUT2D eigenvalue weighted by Gasteiger charge is -2.22. The zero-order valence-electron chi connectivity index (χ0n) is 22.0. The smallest absolute Gasteiger partial charge is 0.338 e. The highest BCUT2D eigenvalue weighted by molar-refractivity contribution is 6.31. The summed E-state index contributed by atoms with van der Waals surface area (Å²) < 4.78 is 20.5. The van der Waals surface area contributed by atoms with Gasteiger partial charge in [0.2, 0.25) is 0 Å². The first kappa shape index (κ1) is 26.2. The van der Waals surface area contributed by atoms with Gasteiger partial charge in [-0.25, -0.2) is 4.79 Å². The van der Waals surface area contributed by atoms with Crippen LogP contribution >= 0.6 is 11.6 Å². The van der Waals surface area contributed by atoms with Crippen molar-refractivity contribution in [3.63, 3.8) is 0 Å². The highest BCUT2D eigenvalue weighted by Crippen LogP contribution is 2.43. The number of halogens is 1. The Morgan fingerprint density at radius 1 is 1.07 bits per heavy atom. The highest BCUT2D eigenvalue weighted by atomic mass is 35.5. The number of rotatable bonds is 5. The molecule has 204 valence electrons. The lowest BCUT2D eigenvalue weighted by Crippen LogP contribution is -2.45. The van der Waals surface area contributed by atoms with E-state index in [4.69, 9.17) is 25.8 Å². The molecule has 2 aromatic heterocycles. The molecule has 1 aliphatic carbocycles. The van der Waals surface area contributed by atoms with Gasteiger partial charge in [0.1, 0.15) is 24.6 Å². The van der Waals surface area contributed by atoms with E-state index in [-0.39, 0.29) is 12.2 Å². The third kappa shape index (κ3) is 4.66. The average molecular weight is 560 g/mol. The Morgan fingerprint density at radius 3 is 2.62 bits per heavy atom. The SMILES string of the molecule is Cc1nc2cc(OCC3=CC(n4ccc(=O)n(C(=O)c5ccccc5)c4=O)C4OC(C)(C)OC34)ccc2cc1Cl. The van der Waals surface area contributed by atoms with Crippen LogP contribution in [0.2, 0.25) is 5.02 Å². The zero-order valence-corrected chi connectivity index (χ0v) is 22.8. The molecule has 40 heavy (non-hydrogen) atoms. The van der Waals surface area contributed by atoms with Crippen molar-refractivity contribution in [1.82, 2.24) is 14.1 Å². The molecule has 0 N–H and O–H groups in total. The summed E-state index contributed by atoms with van der Waals surface area (Å²) in [5, 5.41) is 1.50. The number of ether oxygens (including phenoxy) is 3. The van der Waals surface area contributed by atoms with Crippen LogP contribution in [0.5, 0.6) is 5.75 Å². The lowest BCUT2D eigenvalue weighted by molar-refractivity contribution is -0.148. The van der Waals surface area contributed by atoms with E-state index in [1.165, 1.54) is 16.8 Å². The number of aromatic nitrogens is 3. The van der Waals surface area contributed by atoms with Crippen LogP contribution in [0.1, 0.15) is 35.9 Å². The van der Waals surface area contributed by atoms with E-state index in [9.17, 15) is 14.4 Å². The Hall–Kier alpha value is -4.05. The van der Waals surface area contributed by atoms with Crippen LogP contribution in [-0.4, -0.2) is 44.6 Å². The minimum Gasteiger partial charge on any atom is -0.489 e. The highest BCUT2D eigenvalue weighted by Gasteiger charge is 2.51. The van der Waals surface area contributed by atoms with Crippen LogP contribution in [0.25, 0.3) is 10.9 Å². The molecular weight excluding hydrogens is 534 g/mol. The van der Waals surface area contributed by atoms with Crippen molar-refractivity contribution in [2.45, 2.75) is 44.8 Å². The van der Waals surface area contributed by atoms with E-state index in [2.05, 4.69) is 4.98 Å². The van der Waals surface area contributed by atoms with Crippen molar-refractivity contribution >= 4 is 28.4 Å². The molecule has 10 heteroatoms. The van der Waals surface area contributed by atoms with Crippen LogP contribution in [-0.2, 0) is 9.47 Å². The van der Waals surface area contributed by atoms with Crippen molar-refractivity contribution in [1.29, 1.82) is 0 Å². The first-order valence-corrected chi connectivity index (χ1v) is 13.2. The number of benzene rings is 2. The molecular formula is C30H26ClN3O6. The molecule has 4 aromatic rings. The lowest BCUT2D eigenvalue weighted by atomic mass is 10.1. The van der Waals surface area contributed by atoms with Gasteiger partial charge in [0.05, 0.1) is 22.3 Å². The second-order valence-corrected chi connectivity index (χ2v) is 10.7. The molecule has 2 aliphatic rings. The van der Waals surface area contributed by atoms with Gasteiger partial charge in [-0.3, -0.25) is 19.1 Å². The predicted molar refractivity (Wildman–Crippen MR) is 149 cm³/mol. The van der Waals surface area contributed by atoms with Crippen LogP contribution in [0.4, 0.5) is 0 Å². The maximum atomic E-state index is 13.5. The first-order valence-electron chi connectivity index (χ1n) is 12.8. The molecule has 0 bridgehead atoms. The van der Waals surface area contributed by atoms with E-state index in [0.717, 1.165) is 22.2 Å². The predicted octanol–water partition coefficient (Wildman–Crippen LogP) is 4.29. The van der Waals surface area contributed by atoms with E-state index < -0.39 is 41.2 Å². The summed E-state index contributed by atoms with van der Waals surface area (Å²) >= 11 is 6.20. The number of pyridine rings is 1. The number of hydrogen-bond acceptors (Lipinski definition) is 7. The van der Waals surface area contributed by atoms with Crippen LogP contribution in [0.3, 0.4) is 0 Å². The number of aryl methyl sites for hydroxylation is 1. The summed E-state index contributed by atoms with van der Waals surface area (Å²) in [5.74, 6) is -0.994. The average Bonchev–Trinajstić information content (AvgIpc) is 3.41. The standard InChI is InChI=1S/C30H26ClN3O6/c1-17-22(31)13-19-9-10-21(15-23(19)32-17)38-16-20-14-24(27-26(20)39-30(2,3)40-27)33-12-11-25(35)34(29(33)37)28(36)18-7-5-4-6-8-18/h4-15,24,26-27H,16H2,1-3H3. The zero-order chi connectivity index (χ0) is 28.2. The number of hydrogen-bond donors (Lipinski definition) is 0. The number of nitrogens with zero attached hydrogens (tertiary/aromatic N) is 3. The van der Waals surface area contributed by atoms with Gasteiger partial charge in [-0.1, -0.05) is 35.9 Å². The van der Waals surface area contributed by atoms with Crippen molar-refractivity contribution < 1.29 is 19.0 Å². The molecule has 0 saturated carbocycles. The maximum Gasteiger partial charge on any atom is 0.338 e. The molecule has 1 fully saturated rings. The first-order chi connectivity index (χ1) is 19.1. The fourth-order valence-corrected chi connectivity index (χ4v) is 5.35. The van der Waals surface area contributed by atoms with E-state index in [1.807, 2.05) is 37.3 Å². The van der Waals surface area contributed by atoms with Gasteiger partial charge in [0.25, 0.3) is 11.5 Å². The summed E-state index contributed by atoms with van der Waals surface area (Å²) in [7, 11) is 0. The Bertz CT molecular complexity index is 1790. The second-order valence-electron chi connectivity index (χ2n) is 10.3. The van der Waals surface area contributed by atoms with Crippen molar-refractivity contribution in [2.24, 2.45) is 0 Å². The van der Waals surface area contributed by atoms with Gasteiger partial charge in [-0.2, -0.15) is 4.57 Å². The molecule has 1 aliphatic heterocycles. The third-order valence-electron chi connectivity index (χ3n) is 7.09. The second kappa shape index (κ2) is 9.85. The van der Waals surface area contributed by atoms with Crippen LogP contribution in [0, 0.1) is 6.92 Å². The summed E-state index contributed by atoms with van der Waals surface area (Å²) in [6.07, 6.45) is 2.18. The minimum atomic E-state index is -0.908. The number of carbonyl (C=O) groups excluding carboxylic acids is 1. The van der Waals surface area contributed by atoms with Gasteiger partial charge < -0.3 is 14.2 Å². The third-order valence-corrected chi connectivity index (χ3v) is 7.48. The Kier molecular flexibility index (Phi) is 6.45. The van der Waals surface area contributed by atoms with Crippen LogP contribution < -0.4 is 16.0 Å². The quantitative estimate of drug-likeness (QED) is 0.336. The van der Waals surface area contributed by atoms with Gasteiger partial charge in [-0.15, -0.1) is 0 Å². The van der Waals surface area contributed by atoms with E-state index >= 15 is 0 Å². The molecule has 0 spiro atoms. The topological polar surface area (TPSA) is 102 Å². The molecule has 2 aromatic carbocycles. The molecule has 9 nitrogen and oxygen atoms in total. The monoisotopic (exact) mass is 559 g/mol. The number of fused-ring (bicyclic) bond motifs is 2. The van der Waals surface area contributed by atoms with E-state index in [0.29, 0.717) is 15.3 Å². The fourth-order valence-electron chi connectivity index (χ4n) is 5.19. The molecule has 3 atom stereocenters. The van der Waals surface area contributed by atoms with Crippen molar-refractivity contribution in [3.8, 4) is 5.75 Å². The maximum absolute atomic E-state index is 13.5. The molecule has 3 unspecified atom stereocenters. The van der Waals surface area contributed by atoms with Gasteiger partial charge in [0, 0.05) is 29.3 Å². The molecule has 1 saturated heterocycles. The van der Waals surface area contributed by atoms with Gasteiger partial charge >= 0.3 is 5.69 Å². The molecule has 3 heterocycles. The Labute approximate surface area is 234 Å². The Morgan fingerprint density at radius 2 is 1.85 bits per heavy atom. The van der Waals surface area contributed by atoms with Gasteiger partial charge in [-0.05, 0) is 56.7 Å². The fraction of sp³-hybridized carbons (Fsp3) is 0.267. The summed E-state index contributed by atoms with van der Waals surface area (Å²) in [5.41, 5.74) is 1.03. The summed E-state index contributed by atoms with van der Waals surface area (Å²) in [6.45, 7) is 5.61. The van der Waals surface area contributed by atoms with Crippen LogP contribution in [0.15, 0.2) is 88.1 Å². The summed E-state index contributed by atoms with van der Waals surface area (Å²) in [4.78, 5) is 43.8. The van der Waals surface area contributed by atoms with E-state index in [1.54, 1.807) is 44.2 Å². The molecule has 6 rings (SSSR count). The minimum absolute atomic E-state index is 0.173. The molecule has 0 amide bonds. The normalized spacial score (nSPS) is 21.3. The van der Waals surface area contributed by atoms with Crippen molar-refractivity contribution in [3.05, 3.63) is 116 Å². The Balaban J connectivity index is 1.33.